The summed E-state index contributed by atoms with van der Waals surface area (Å²) in [4.78, 5) is 13.3. The summed E-state index contributed by atoms with van der Waals surface area (Å²) in [5, 5.41) is 11.6. The number of likely N-dealkylation sites (N-methyl/N-ethyl adjacent to an activating group) is 1. The first-order valence-corrected chi connectivity index (χ1v) is 5.79. The smallest absolute Gasteiger partial charge is 0.255 e. The normalized spacial score (nSPS) is 11.4. The van der Waals surface area contributed by atoms with Gasteiger partial charge in [-0.2, -0.15) is 0 Å². The van der Waals surface area contributed by atoms with Crippen LogP contribution in [0.3, 0.4) is 0 Å². The summed E-state index contributed by atoms with van der Waals surface area (Å²) in [5.74, 6) is -0.344. The van der Waals surface area contributed by atoms with Crippen LogP contribution in [0.5, 0.6) is 0 Å². The minimum atomic E-state index is -0.297. The first kappa shape index (κ1) is 13.8. The number of nitrogens with zero attached hydrogens (tertiary/aromatic N) is 2. The van der Waals surface area contributed by atoms with Crippen LogP contribution in [0.1, 0.15) is 10.4 Å². The Morgan fingerprint density at radius 2 is 2.29 bits per heavy atom. The summed E-state index contributed by atoms with van der Waals surface area (Å²) in [6.07, 6.45) is 0. The topological polar surface area (TPSA) is 78.9 Å². The van der Waals surface area contributed by atoms with E-state index in [4.69, 9.17) is 22.5 Å². The van der Waals surface area contributed by atoms with E-state index in [1.165, 1.54) is 4.90 Å². The molecule has 7 heteroatoms. The molecule has 1 aromatic carbocycles. The molecule has 92 valence electrons. The van der Waals surface area contributed by atoms with Gasteiger partial charge in [-0.3, -0.25) is 4.79 Å². The van der Waals surface area contributed by atoms with Crippen LogP contribution in [0.25, 0.3) is 0 Å². The van der Waals surface area contributed by atoms with Crippen molar-refractivity contribution in [2.45, 2.75) is 0 Å². The van der Waals surface area contributed by atoms with Crippen molar-refractivity contribution in [2.24, 2.45) is 10.9 Å². The molecule has 1 aromatic rings. The van der Waals surface area contributed by atoms with Gasteiger partial charge in [0.15, 0.2) is 5.84 Å². The van der Waals surface area contributed by atoms with Crippen LogP contribution in [0.4, 0.5) is 0 Å². The van der Waals surface area contributed by atoms with Gasteiger partial charge in [-0.1, -0.05) is 32.7 Å². The molecule has 0 aliphatic carbocycles. The molecule has 0 aliphatic heterocycles. The minimum absolute atomic E-state index is 0.0295. The molecule has 0 heterocycles. The van der Waals surface area contributed by atoms with Crippen LogP contribution in [0.15, 0.2) is 27.8 Å². The number of amides is 1. The largest absolute Gasteiger partial charge is 0.409 e. The molecule has 1 rings (SSSR count). The number of hydrogen-bond donors (Lipinski definition) is 2. The van der Waals surface area contributed by atoms with Crippen molar-refractivity contribution < 1.29 is 10.0 Å². The van der Waals surface area contributed by atoms with Gasteiger partial charge in [-0.15, -0.1) is 0 Å². The lowest BCUT2D eigenvalue weighted by Gasteiger charge is -2.16. The zero-order chi connectivity index (χ0) is 13.0. The molecule has 0 unspecified atom stereocenters. The number of benzene rings is 1. The molecule has 0 aromatic heterocycles. The van der Waals surface area contributed by atoms with E-state index in [2.05, 4.69) is 21.1 Å². The van der Waals surface area contributed by atoms with Crippen molar-refractivity contribution in [1.29, 1.82) is 0 Å². The monoisotopic (exact) mass is 319 g/mol. The summed E-state index contributed by atoms with van der Waals surface area (Å²) >= 11 is 9.20. The molecule has 0 radical (unpaired) electrons. The number of oxime groups is 1. The number of nitrogens with two attached hydrogens (primary N) is 1. The third-order valence-electron chi connectivity index (χ3n) is 2.04. The van der Waals surface area contributed by atoms with Crippen LogP contribution >= 0.6 is 27.5 Å². The quantitative estimate of drug-likeness (QED) is 0.386. The highest BCUT2D eigenvalue weighted by Crippen LogP contribution is 2.22. The number of halogens is 2. The van der Waals surface area contributed by atoms with Crippen molar-refractivity contribution >= 4 is 39.3 Å². The van der Waals surface area contributed by atoms with E-state index in [1.807, 2.05) is 0 Å². The fourth-order valence-electron chi connectivity index (χ4n) is 1.21. The predicted octanol–water partition coefficient (Wildman–Crippen LogP) is 1.92. The SMILES string of the molecule is CN(CC(N)=NO)C(=O)c1ccc(Br)cc1Cl. The van der Waals surface area contributed by atoms with Crippen molar-refractivity contribution in [3.8, 4) is 0 Å². The van der Waals surface area contributed by atoms with E-state index in [-0.39, 0.29) is 18.3 Å². The highest BCUT2D eigenvalue weighted by atomic mass is 79.9. The average Bonchev–Trinajstić information content (AvgIpc) is 2.28. The van der Waals surface area contributed by atoms with Gasteiger partial charge in [0.05, 0.1) is 17.1 Å². The predicted molar refractivity (Wildman–Crippen MR) is 69.5 cm³/mol. The van der Waals surface area contributed by atoms with Gasteiger partial charge in [0, 0.05) is 11.5 Å². The Labute approximate surface area is 112 Å². The van der Waals surface area contributed by atoms with E-state index in [1.54, 1.807) is 25.2 Å². The van der Waals surface area contributed by atoms with Crippen LogP contribution in [-0.4, -0.2) is 35.4 Å². The zero-order valence-electron chi connectivity index (χ0n) is 9.02. The van der Waals surface area contributed by atoms with Gasteiger partial charge in [0.2, 0.25) is 0 Å². The van der Waals surface area contributed by atoms with Crippen LogP contribution in [0, 0.1) is 0 Å². The van der Waals surface area contributed by atoms with E-state index in [0.717, 1.165) is 4.47 Å². The van der Waals surface area contributed by atoms with Crippen molar-refractivity contribution in [2.75, 3.05) is 13.6 Å². The standard InChI is InChI=1S/C10H11BrClN3O2/c1-15(5-9(13)14-17)10(16)7-3-2-6(11)4-8(7)12/h2-4,17H,5H2,1H3,(H2,13,14). The Morgan fingerprint density at radius 1 is 1.65 bits per heavy atom. The first-order chi connectivity index (χ1) is 7.95. The fraction of sp³-hybridized carbons (Fsp3) is 0.200. The van der Waals surface area contributed by atoms with Crippen LogP contribution < -0.4 is 5.73 Å². The van der Waals surface area contributed by atoms with Gasteiger partial charge in [-0.25, -0.2) is 0 Å². The molecular weight excluding hydrogens is 309 g/mol. The molecule has 3 N–H and O–H groups in total. The third kappa shape index (κ3) is 3.61. The molecule has 0 aliphatic rings. The lowest BCUT2D eigenvalue weighted by molar-refractivity contribution is 0.0814. The van der Waals surface area contributed by atoms with E-state index < -0.39 is 0 Å². The number of carbonyl (C=O) groups is 1. The van der Waals surface area contributed by atoms with Crippen molar-refractivity contribution in [1.82, 2.24) is 4.90 Å². The van der Waals surface area contributed by atoms with Crippen LogP contribution in [-0.2, 0) is 0 Å². The number of rotatable bonds is 3. The molecule has 17 heavy (non-hydrogen) atoms. The van der Waals surface area contributed by atoms with Gasteiger partial charge < -0.3 is 15.8 Å². The summed E-state index contributed by atoms with van der Waals surface area (Å²) in [7, 11) is 1.54. The molecule has 0 atom stereocenters. The Kier molecular flexibility index (Phi) is 4.77. The Balaban J connectivity index is 2.89. The first-order valence-electron chi connectivity index (χ1n) is 4.62. The molecule has 0 spiro atoms. The number of hydrogen-bond acceptors (Lipinski definition) is 3. The summed E-state index contributed by atoms with van der Waals surface area (Å²) < 4.78 is 0.790. The highest BCUT2D eigenvalue weighted by molar-refractivity contribution is 9.10. The maximum absolute atomic E-state index is 12.0. The second-order valence-electron chi connectivity index (χ2n) is 3.38. The van der Waals surface area contributed by atoms with E-state index >= 15 is 0 Å². The maximum Gasteiger partial charge on any atom is 0.255 e. The molecule has 1 amide bonds. The molecule has 0 fully saturated rings. The summed E-state index contributed by atoms with van der Waals surface area (Å²) in [6.45, 7) is 0.0295. The Hall–Kier alpha value is -1.27. The number of amidine groups is 1. The molecule has 0 saturated carbocycles. The fourth-order valence-corrected chi connectivity index (χ4v) is 1.97. The lowest BCUT2D eigenvalue weighted by atomic mass is 10.2. The van der Waals surface area contributed by atoms with Gasteiger partial charge in [0.1, 0.15) is 0 Å². The molecule has 0 saturated heterocycles. The van der Waals surface area contributed by atoms with Gasteiger partial charge in [-0.05, 0) is 18.2 Å². The van der Waals surface area contributed by atoms with Crippen molar-refractivity contribution in [3.63, 3.8) is 0 Å². The van der Waals surface area contributed by atoms with Crippen molar-refractivity contribution in [3.05, 3.63) is 33.3 Å². The number of carbonyl (C=O) groups excluding carboxylic acids is 1. The lowest BCUT2D eigenvalue weighted by Crippen LogP contribution is -2.35. The van der Waals surface area contributed by atoms with E-state index in [0.29, 0.717) is 10.6 Å². The minimum Gasteiger partial charge on any atom is -0.409 e. The average molecular weight is 321 g/mol. The summed E-state index contributed by atoms with van der Waals surface area (Å²) in [6, 6.07) is 4.96. The zero-order valence-corrected chi connectivity index (χ0v) is 11.4. The Morgan fingerprint density at radius 3 is 2.82 bits per heavy atom. The molecule has 0 bridgehead atoms. The summed E-state index contributed by atoms with van der Waals surface area (Å²) in [5.41, 5.74) is 5.68. The highest BCUT2D eigenvalue weighted by Gasteiger charge is 2.16. The maximum atomic E-state index is 12.0. The van der Waals surface area contributed by atoms with E-state index in [9.17, 15) is 4.79 Å². The van der Waals surface area contributed by atoms with Crippen LogP contribution in [0.2, 0.25) is 5.02 Å². The second-order valence-corrected chi connectivity index (χ2v) is 4.70. The Bertz CT molecular complexity index is 465. The molecule has 5 nitrogen and oxygen atoms in total. The molecular formula is C10H11BrClN3O2. The van der Waals surface area contributed by atoms with Gasteiger partial charge in [0.25, 0.3) is 5.91 Å². The van der Waals surface area contributed by atoms with Gasteiger partial charge >= 0.3 is 0 Å². The second kappa shape index (κ2) is 5.88. The third-order valence-corrected chi connectivity index (χ3v) is 2.84.